The monoisotopic (exact) mass is 335 g/mol. The molecule has 0 aliphatic heterocycles. The van der Waals surface area contributed by atoms with Crippen molar-refractivity contribution in [2.75, 3.05) is 17.7 Å². The van der Waals surface area contributed by atoms with Gasteiger partial charge < -0.3 is 15.8 Å². The van der Waals surface area contributed by atoms with Crippen LogP contribution in [-0.2, 0) is 0 Å². The van der Waals surface area contributed by atoms with Gasteiger partial charge in [-0.3, -0.25) is 4.79 Å². The normalized spacial score (nSPS) is 10.3. The summed E-state index contributed by atoms with van der Waals surface area (Å²) in [6, 6.07) is 13.0. The second-order valence-corrected chi connectivity index (χ2v) is 5.11. The average Bonchev–Trinajstić information content (AvgIpc) is 2.63. The molecule has 3 N–H and O–H groups in total. The van der Waals surface area contributed by atoms with Crippen molar-refractivity contribution in [3.8, 4) is 17.0 Å². The summed E-state index contributed by atoms with van der Waals surface area (Å²) >= 11 is 0. The lowest BCUT2D eigenvalue weighted by molar-refractivity contribution is 0.102. The average molecular weight is 335 g/mol. The van der Waals surface area contributed by atoms with Crippen LogP contribution in [0.1, 0.15) is 17.4 Å². The van der Waals surface area contributed by atoms with Gasteiger partial charge >= 0.3 is 0 Å². The Labute approximate surface area is 144 Å². The van der Waals surface area contributed by atoms with Crippen molar-refractivity contribution >= 4 is 17.5 Å². The van der Waals surface area contributed by atoms with Gasteiger partial charge in [-0.25, -0.2) is 15.0 Å². The molecule has 0 unspecified atom stereocenters. The third-order valence-electron chi connectivity index (χ3n) is 3.37. The van der Waals surface area contributed by atoms with Gasteiger partial charge in [-0.1, -0.05) is 18.2 Å². The minimum absolute atomic E-state index is 0.0630. The molecule has 3 rings (SSSR count). The fraction of sp³-hybridized carbons (Fsp3) is 0.111. The number of amides is 1. The van der Waals surface area contributed by atoms with Crippen LogP contribution in [0.25, 0.3) is 11.3 Å². The molecule has 0 saturated carbocycles. The summed E-state index contributed by atoms with van der Waals surface area (Å²) in [5.41, 5.74) is 7.34. The SMILES string of the molecule is CCOc1cccc(-c2cccc(NC(=O)c3nccnc3N)n2)c1. The number of nitrogen functional groups attached to an aromatic ring is 1. The highest BCUT2D eigenvalue weighted by Gasteiger charge is 2.13. The molecule has 0 saturated heterocycles. The molecule has 1 amide bonds. The Balaban J connectivity index is 1.83. The van der Waals surface area contributed by atoms with Crippen LogP contribution in [0.5, 0.6) is 5.75 Å². The maximum atomic E-state index is 12.3. The van der Waals surface area contributed by atoms with E-state index in [0.717, 1.165) is 11.3 Å². The van der Waals surface area contributed by atoms with Crippen molar-refractivity contribution in [3.63, 3.8) is 0 Å². The van der Waals surface area contributed by atoms with Crippen LogP contribution in [0.4, 0.5) is 11.6 Å². The third kappa shape index (κ3) is 3.89. The molecule has 126 valence electrons. The summed E-state index contributed by atoms with van der Waals surface area (Å²) in [6.07, 6.45) is 2.84. The van der Waals surface area contributed by atoms with Gasteiger partial charge in [0.05, 0.1) is 12.3 Å². The standard InChI is InChI=1S/C18H17N5O2/c1-2-25-13-6-3-5-12(11-13)14-7-4-8-15(22-14)23-18(24)16-17(19)21-10-9-20-16/h3-11H,2H2,1H3,(H2,19,21)(H,22,23,24). The molecular weight excluding hydrogens is 318 g/mol. The van der Waals surface area contributed by atoms with Crippen LogP contribution in [0.2, 0.25) is 0 Å². The molecule has 0 radical (unpaired) electrons. The summed E-state index contributed by atoms with van der Waals surface area (Å²) in [5.74, 6) is 0.775. The zero-order chi connectivity index (χ0) is 17.6. The van der Waals surface area contributed by atoms with Gasteiger partial charge in [-0.15, -0.1) is 0 Å². The van der Waals surface area contributed by atoms with Crippen LogP contribution < -0.4 is 15.8 Å². The van der Waals surface area contributed by atoms with Gasteiger partial charge in [0.25, 0.3) is 5.91 Å². The predicted octanol–water partition coefficient (Wildman–Crippen LogP) is 2.77. The Morgan fingerprint density at radius 1 is 1.16 bits per heavy atom. The third-order valence-corrected chi connectivity index (χ3v) is 3.37. The number of nitrogens with two attached hydrogens (primary N) is 1. The molecule has 0 aliphatic carbocycles. The molecule has 7 nitrogen and oxygen atoms in total. The van der Waals surface area contributed by atoms with E-state index in [1.807, 2.05) is 43.3 Å². The zero-order valence-electron chi connectivity index (χ0n) is 13.6. The molecule has 0 atom stereocenters. The Bertz CT molecular complexity index is 898. The van der Waals surface area contributed by atoms with Gasteiger partial charge in [0, 0.05) is 18.0 Å². The summed E-state index contributed by atoms with van der Waals surface area (Å²) in [6.45, 7) is 2.52. The lowest BCUT2D eigenvalue weighted by Crippen LogP contribution is -2.17. The summed E-state index contributed by atoms with van der Waals surface area (Å²) < 4.78 is 5.51. The van der Waals surface area contributed by atoms with E-state index < -0.39 is 5.91 Å². The Kier molecular flexibility index (Phi) is 4.84. The predicted molar refractivity (Wildman–Crippen MR) is 95.2 cm³/mol. The van der Waals surface area contributed by atoms with E-state index in [2.05, 4.69) is 20.3 Å². The number of anilines is 2. The molecule has 2 aromatic heterocycles. The van der Waals surface area contributed by atoms with Crippen LogP contribution >= 0.6 is 0 Å². The van der Waals surface area contributed by atoms with E-state index in [4.69, 9.17) is 10.5 Å². The van der Waals surface area contributed by atoms with Crippen molar-refractivity contribution in [3.05, 3.63) is 60.6 Å². The molecule has 25 heavy (non-hydrogen) atoms. The smallest absolute Gasteiger partial charge is 0.279 e. The van der Waals surface area contributed by atoms with Crippen LogP contribution in [0.15, 0.2) is 54.9 Å². The van der Waals surface area contributed by atoms with E-state index in [-0.39, 0.29) is 11.5 Å². The van der Waals surface area contributed by atoms with E-state index in [1.54, 1.807) is 6.07 Å². The number of hydrogen-bond donors (Lipinski definition) is 2. The second-order valence-electron chi connectivity index (χ2n) is 5.11. The maximum Gasteiger partial charge on any atom is 0.279 e. The zero-order valence-corrected chi connectivity index (χ0v) is 13.6. The van der Waals surface area contributed by atoms with Crippen molar-refractivity contribution in [1.82, 2.24) is 15.0 Å². The second kappa shape index (κ2) is 7.39. The molecule has 3 aromatic rings. The highest BCUT2D eigenvalue weighted by atomic mass is 16.5. The van der Waals surface area contributed by atoms with Gasteiger partial charge in [0.15, 0.2) is 11.5 Å². The first kappa shape index (κ1) is 16.4. The van der Waals surface area contributed by atoms with Crippen LogP contribution in [0, 0.1) is 0 Å². The van der Waals surface area contributed by atoms with E-state index >= 15 is 0 Å². The van der Waals surface area contributed by atoms with Crippen molar-refractivity contribution in [1.29, 1.82) is 0 Å². The van der Waals surface area contributed by atoms with E-state index in [9.17, 15) is 4.79 Å². The van der Waals surface area contributed by atoms with Crippen molar-refractivity contribution in [2.24, 2.45) is 0 Å². The molecule has 2 heterocycles. The van der Waals surface area contributed by atoms with Crippen molar-refractivity contribution < 1.29 is 9.53 Å². The minimum atomic E-state index is -0.460. The van der Waals surface area contributed by atoms with Crippen molar-refractivity contribution in [2.45, 2.75) is 6.92 Å². The number of aromatic nitrogens is 3. The molecule has 0 spiro atoms. The largest absolute Gasteiger partial charge is 0.494 e. The first-order chi connectivity index (χ1) is 12.2. The first-order valence-electron chi connectivity index (χ1n) is 7.75. The topological polar surface area (TPSA) is 103 Å². The van der Waals surface area contributed by atoms with Gasteiger partial charge in [0.2, 0.25) is 0 Å². The highest BCUT2D eigenvalue weighted by Crippen LogP contribution is 2.23. The lowest BCUT2D eigenvalue weighted by Gasteiger charge is -2.08. The molecule has 0 aliphatic rings. The highest BCUT2D eigenvalue weighted by molar-refractivity contribution is 6.05. The number of ether oxygens (including phenoxy) is 1. The van der Waals surface area contributed by atoms with E-state index in [1.165, 1.54) is 12.4 Å². The van der Waals surface area contributed by atoms with Crippen LogP contribution in [-0.4, -0.2) is 27.5 Å². The molecule has 1 aromatic carbocycles. The fourth-order valence-corrected chi connectivity index (χ4v) is 2.28. The quantitative estimate of drug-likeness (QED) is 0.743. The minimum Gasteiger partial charge on any atom is -0.494 e. The number of carbonyl (C=O) groups is 1. The summed E-state index contributed by atoms with van der Waals surface area (Å²) in [4.78, 5) is 24.5. The van der Waals surface area contributed by atoms with Gasteiger partial charge in [0.1, 0.15) is 11.6 Å². The number of nitrogens with one attached hydrogen (secondary N) is 1. The van der Waals surface area contributed by atoms with Gasteiger partial charge in [-0.05, 0) is 31.2 Å². The number of nitrogens with zero attached hydrogens (tertiary/aromatic N) is 3. The van der Waals surface area contributed by atoms with Gasteiger partial charge in [-0.2, -0.15) is 0 Å². The maximum absolute atomic E-state index is 12.3. The fourth-order valence-electron chi connectivity index (χ4n) is 2.28. The Hall–Kier alpha value is -3.48. The number of pyridine rings is 1. The number of benzene rings is 1. The molecular formula is C18H17N5O2. The Morgan fingerprint density at radius 2 is 1.96 bits per heavy atom. The summed E-state index contributed by atoms with van der Waals surface area (Å²) in [7, 11) is 0. The molecule has 0 bridgehead atoms. The molecule has 0 fully saturated rings. The Morgan fingerprint density at radius 3 is 2.76 bits per heavy atom. The molecule has 7 heteroatoms. The first-order valence-corrected chi connectivity index (χ1v) is 7.75. The number of rotatable bonds is 5. The number of hydrogen-bond acceptors (Lipinski definition) is 6. The number of carbonyl (C=O) groups excluding carboxylic acids is 1. The lowest BCUT2D eigenvalue weighted by atomic mass is 10.1. The van der Waals surface area contributed by atoms with Crippen LogP contribution in [0.3, 0.4) is 0 Å². The van der Waals surface area contributed by atoms with E-state index in [0.29, 0.717) is 18.1 Å². The summed E-state index contributed by atoms with van der Waals surface area (Å²) in [5, 5.41) is 2.69.